The highest BCUT2D eigenvalue weighted by Crippen LogP contribution is 2.64. The summed E-state index contributed by atoms with van der Waals surface area (Å²) in [5, 5.41) is 7.05. The van der Waals surface area contributed by atoms with Crippen molar-refractivity contribution in [3.05, 3.63) is 35.9 Å². The summed E-state index contributed by atoms with van der Waals surface area (Å²) in [5.74, 6) is -0.0923. The van der Waals surface area contributed by atoms with Gasteiger partial charge in [-0.25, -0.2) is 4.79 Å². The van der Waals surface area contributed by atoms with Crippen molar-refractivity contribution >= 4 is 27.8 Å². The molecule has 0 radical (unpaired) electrons. The van der Waals surface area contributed by atoms with Crippen molar-refractivity contribution in [3.63, 3.8) is 0 Å². The number of likely N-dealkylation sites (tertiary alicyclic amines) is 1. The van der Waals surface area contributed by atoms with Crippen LogP contribution in [0.2, 0.25) is 0 Å². The summed E-state index contributed by atoms with van der Waals surface area (Å²) in [5.41, 5.74) is -0.00100. The molecule has 41 heavy (non-hydrogen) atoms. The zero-order valence-electron chi connectivity index (χ0n) is 24.7. The Morgan fingerprint density at radius 2 is 1.88 bits per heavy atom. The van der Waals surface area contributed by atoms with Crippen molar-refractivity contribution in [2.24, 2.45) is 21.9 Å². The largest absolute Gasteiger partial charge is 0.434 e. The number of carbonyl (C=O) groups excluding carboxylic acids is 2. The highest BCUT2D eigenvalue weighted by Gasteiger charge is 2.65. The Kier molecular flexibility index (Phi) is 9.38. The van der Waals surface area contributed by atoms with E-state index in [1.807, 2.05) is 62.9 Å². The third kappa shape index (κ3) is 7.41. The summed E-state index contributed by atoms with van der Waals surface area (Å²) in [6.45, 7) is 8.99. The van der Waals surface area contributed by atoms with Crippen LogP contribution in [0.15, 0.2) is 35.5 Å². The quantitative estimate of drug-likeness (QED) is 0.393. The second kappa shape index (κ2) is 12.3. The van der Waals surface area contributed by atoms with Gasteiger partial charge in [0.25, 0.3) is 15.9 Å². The van der Waals surface area contributed by atoms with Gasteiger partial charge in [-0.3, -0.25) is 9.35 Å². The van der Waals surface area contributed by atoms with E-state index in [-0.39, 0.29) is 29.2 Å². The van der Waals surface area contributed by atoms with Crippen molar-refractivity contribution in [3.8, 4) is 0 Å². The zero-order chi connectivity index (χ0) is 29.9. The SMILES string of the molecule is CC1(C)C2CCC1(CS(=O)(=O)O)C(=O)C2.CC1(C)ON=C(CCCC2CCCCN2C(=O)NCc2ccccc2)O1. The van der Waals surface area contributed by atoms with Gasteiger partial charge in [-0.15, -0.1) is 0 Å². The number of nitrogens with zero attached hydrogens (tertiary/aromatic N) is 2. The van der Waals surface area contributed by atoms with E-state index in [0.717, 1.165) is 50.6 Å². The summed E-state index contributed by atoms with van der Waals surface area (Å²) in [4.78, 5) is 31.7. The van der Waals surface area contributed by atoms with Crippen LogP contribution in [0, 0.1) is 16.7 Å². The minimum Gasteiger partial charge on any atom is -0.434 e. The molecule has 1 aromatic rings. The lowest BCUT2D eigenvalue weighted by molar-refractivity contribution is -0.129. The maximum Gasteiger partial charge on any atom is 0.317 e. The molecule has 3 unspecified atom stereocenters. The Balaban J connectivity index is 0.000000218. The standard InChI is InChI=1S/C20H29N3O3.C10H16O4S/c1-20(2)25-18(22-26-20)13-8-12-17-11-6-7-14-23(17)19(24)21-15-16-9-4-3-5-10-16;1-9(2)7-3-4-10(9,8(11)5-7)6-15(12,13)14/h3-5,9-10,17H,6-8,11-15H2,1-2H3,(H,21,24);7H,3-6H2,1-2H3,(H,12,13,14). The first-order chi connectivity index (χ1) is 19.2. The van der Waals surface area contributed by atoms with Gasteiger partial charge >= 0.3 is 6.03 Å². The van der Waals surface area contributed by atoms with Crippen LogP contribution in [-0.4, -0.2) is 59.7 Å². The fourth-order valence-corrected chi connectivity index (χ4v) is 8.23. The second-order valence-electron chi connectivity index (χ2n) is 12.9. The van der Waals surface area contributed by atoms with Crippen molar-refractivity contribution in [2.75, 3.05) is 12.3 Å². The molecule has 1 saturated heterocycles. The molecule has 2 N–H and O–H groups in total. The Bertz CT molecular complexity index is 1230. The number of ether oxygens (including phenoxy) is 1. The number of hydrogen-bond acceptors (Lipinski definition) is 7. The molecule has 3 atom stereocenters. The molecule has 2 aliphatic heterocycles. The molecule has 10 nitrogen and oxygen atoms in total. The Labute approximate surface area is 244 Å². The fraction of sp³-hybridized carbons (Fsp3) is 0.700. The van der Waals surface area contributed by atoms with E-state index in [2.05, 4.69) is 10.5 Å². The van der Waals surface area contributed by atoms with Crippen LogP contribution < -0.4 is 5.32 Å². The number of benzene rings is 1. The predicted octanol–water partition coefficient (Wildman–Crippen LogP) is 5.29. The number of oxime groups is 1. The lowest BCUT2D eigenvalue weighted by Gasteiger charge is -2.36. The Hall–Kier alpha value is -2.66. The molecule has 4 aliphatic rings. The Morgan fingerprint density at radius 1 is 1.15 bits per heavy atom. The molecule has 2 aliphatic carbocycles. The molecular formula is C30H45N3O7S. The first-order valence-electron chi connectivity index (χ1n) is 14.7. The number of Topliss-reactive ketones (excluding diaryl/α,β-unsaturated/α-hetero) is 1. The van der Waals surface area contributed by atoms with E-state index in [9.17, 15) is 18.0 Å². The number of carbonyl (C=O) groups is 2. The third-order valence-electron chi connectivity index (χ3n) is 9.40. The van der Waals surface area contributed by atoms with E-state index in [0.29, 0.717) is 25.3 Å². The van der Waals surface area contributed by atoms with Crippen molar-refractivity contribution in [1.29, 1.82) is 0 Å². The van der Waals surface area contributed by atoms with Crippen molar-refractivity contribution < 1.29 is 32.1 Å². The van der Waals surface area contributed by atoms with Gasteiger partial charge < -0.3 is 19.8 Å². The molecule has 0 spiro atoms. The molecular weight excluding hydrogens is 546 g/mol. The topological polar surface area (TPSA) is 135 Å². The van der Waals surface area contributed by atoms with Gasteiger partial charge in [-0.05, 0) is 67.0 Å². The van der Waals surface area contributed by atoms with E-state index >= 15 is 0 Å². The molecule has 0 aromatic heterocycles. The number of urea groups is 1. The van der Waals surface area contributed by atoms with Gasteiger partial charge in [-0.2, -0.15) is 8.42 Å². The molecule has 2 saturated carbocycles. The maximum atomic E-state index is 12.6. The van der Waals surface area contributed by atoms with Gasteiger partial charge in [0.05, 0.1) is 11.2 Å². The lowest BCUT2D eigenvalue weighted by atomic mass is 9.70. The molecule has 2 amide bonds. The van der Waals surface area contributed by atoms with E-state index in [4.69, 9.17) is 14.1 Å². The van der Waals surface area contributed by atoms with E-state index in [1.165, 1.54) is 6.42 Å². The molecule has 11 heteroatoms. The van der Waals surface area contributed by atoms with Gasteiger partial charge in [-0.1, -0.05) is 44.2 Å². The number of rotatable bonds is 8. The smallest absolute Gasteiger partial charge is 0.317 e. The number of amides is 2. The first-order valence-corrected chi connectivity index (χ1v) is 16.3. The van der Waals surface area contributed by atoms with Crippen LogP contribution in [0.3, 0.4) is 0 Å². The molecule has 3 fully saturated rings. The summed E-state index contributed by atoms with van der Waals surface area (Å²) >= 11 is 0. The predicted molar refractivity (Wildman–Crippen MR) is 156 cm³/mol. The Morgan fingerprint density at radius 3 is 2.46 bits per heavy atom. The lowest BCUT2D eigenvalue weighted by Crippen LogP contribution is -2.48. The maximum absolute atomic E-state index is 12.6. The van der Waals surface area contributed by atoms with E-state index in [1.54, 1.807) is 0 Å². The second-order valence-corrected chi connectivity index (χ2v) is 14.3. The minimum absolute atomic E-state index is 0.0152. The summed E-state index contributed by atoms with van der Waals surface area (Å²) < 4.78 is 36.6. The number of piperidine rings is 1. The third-order valence-corrected chi connectivity index (χ3v) is 10.3. The van der Waals surface area contributed by atoms with Crippen LogP contribution in [0.1, 0.15) is 91.0 Å². The van der Waals surface area contributed by atoms with Gasteiger partial charge in [0.15, 0.2) is 0 Å². The summed E-state index contributed by atoms with van der Waals surface area (Å²) in [6.07, 6.45) is 7.94. The van der Waals surface area contributed by atoms with E-state index < -0.39 is 27.1 Å². The van der Waals surface area contributed by atoms with Crippen LogP contribution in [0.25, 0.3) is 0 Å². The van der Waals surface area contributed by atoms with Crippen LogP contribution in [0.5, 0.6) is 0 Å². The highest BCUT2D eigenvalue weighted by atomic mass is 32.2. The number of ketones is 1. The van der Waals surface area contributed by atoms with Crippen LogP contribution in [0.4, 0.5) is 4.79 Å². The minimum atomic E-state index is -4.08. The van der Waals surface area contributed by atoms with Crippen LogP contribution in [-0.2, 0) is 31.0 Å². The zero-order valence-corrected chi connectivity index (χ0v) is 25.5. The average Bonchev–Trinajstić information content (AvgIpc) is 3.44. The number of fused-ring (bicyclic) bond motifs is 2. The average molecular weight is 592 g/mol. The molecule has 5 rings (SSSR count). The first kappa shape index (κ1) is 31.3. The molecule has 1 aromatic carbocycles. The van der Waals surface area contributed by atoms with Gasteiger partial charge in [0.1, 0.15) is 5.78 Å². The normalized spacial score (nSPS) is 27.8. The van der Waals surface area contributed by atoms with Crippen LogP contribution >= 0.6 is 0 Å². The van der Waals surface area contributed by atoms with Gasteiger partial charge in [0, 0.05) is 45.8 Å². The summed E-state index contributed by atoms with van der Waals surface area (Å²) in [7, 11) is -4.08. The highest BCUT2D eigenvalue weighted by molar-refractivity contribution is 7.85. The number of nitrogens with one attached hydrogen (secondary N) is 1. The monoisotopic (exact) mass is 591 g/mol. The van der Waals surface area contributed by atoms with Crippen molar-refractivity contribution in [2.45, 2.75) is 104 Å². The van der Waals surface area contributed by atoms with Gasteiger partial charge in [0.2, 0.25) is 5.90 Å². The fourth-order valence-electron chi connectivity index (χ4n) is 6.93. The number of hydrogen-bond donors (Lipinski definition) is 2. The molecule has 2 bridgehead atoms. The summed E-state index contributed by atoms with van der Waals surface area (Å²) in [6, 6.07) is 10.3. The van der Waals surface area contributed by atoms with Crippen molar-refractivity contribution in [1.82, 2.24) is 10.2 Å². The molecule has 2 heterocycles. The molecule has 228 valence electrons.